The highest BCUT2D eigenvalue weighted by Crippen LogP contribution is 2.24. The van der Waals surface area contributed by atoms with Crippen LogP contribution < -0.4 is 16.4 Å². The minimum atomic E-state index is -1.10. The molecule has 160 valence electrons. The van der Waals surface area contributed by atoms with Gasteiger partial charge in [0.05, 0.1) is 22.0 Å². The number of ether oxygens (including phenoxy) is 1. The molecule has 2 heterocycles. The third-order valence-electron chi connectivity index (χ3n) is 4.23. The largest absolute Gasteiger partial charge is 0.386 e. The Kier molecular flexibility index (Phi) is 6.60. The Labute approximate surface area is 193 Å². The molecule has 0 saturated heterocycles. The first kappa shape index (κ1) is 22.7. The van der Waals surface area contributed by atoms with Crippen LogP contribution in [0.15, 0.2) is 52.3 Å². The molecule has 1 aromatic carbocycles. The van der Waals surface area contributed by atoms with Crippen LogP contribution in [0.3, 0.4) is 0 Å². The molecule has 3 aromatic rings. The maximum absolute atomic E-state index is 14.2. The second-order valence-electron chi connectivity index (χ2n) is 6.46. The predicted molar refractivity (Wildman–Crippen MR) is 121 cm³/mol. The Hall–Kier alpha value is -2.99. The molecule has 0 amide bonds. The molecule has 0 aliphatic rings. The fraction of sp³-hybridized carbons (Fsp3) is 0.100. The highest BCUT2D eigenvalue weighted by molar-refractivity contribution is 14.1. The SMILES string of the molecule is Cn1cc(C(=O)OC(=O)c2cn(C)c(=O)cc2Nc2ccc(I)cc2F)c(Cl)cc1=O. The number of hydrogen-bond acceptors (Lipinski definition) is 6. The first-order valence-electron chi connectivity index (χ1n) is 8.62. The number of hydrogen-bond donors (Lipinski definition) is 1. The topological polar surface area (TPSA) is 99.4 Å². The van der Waals surface area contributed by atoms with Crippen LogP contribution in [0, 0.1) is 9.39 Å². The maximum atomic E-state index is 14.2. The van der Waals surface area contributed by atoms with Gasteiger partial charge in [-0.3, -0.25) is 9.59 Å². The van der Waals surface area contributed by atoms with Crippen LogP contribution in [0.1, 0.15) is 20.7 Å². The highest BCUT2D eigenvalue weighted by atomic mass is 127. The van der Waals surface area contributed by atoms with Crippen molar-refractivity contribution < 1.29 is 18.7 Å². The number of benzene rings is 1. The molecule has 8 nitrogen and oxygen atoms in total. The zero-order valence-electron chi connectivity index (χ0n) is 16.1. The molecule has 2 aromatic heterocycles. The quantitative estimate of drug-likeness (QED) is 0.301. The van der Waals surface area contributed by atoms with Crippen molar-refractivity contribution >= 4 is 57.5 Å². The first-order chi connectivity index (χ1) is 14.6. The molecule has 0 bridgehead atoms. The first-order valence-corrected chi connectivity index (χ1v) is 10.1. The number of pyridine rings is 2. The standard InChI is InChI=1S/C20H14ClFIN3O5/c1-25-8-11(13(21)6-17(25)27)19(29)31-20(30)12-9-26(2)18(28)7-16(12)24-15-4-3-10(23)5-14(15)22/h3-9,24H,1-2H3. The molecule has 0 aliphatic heterocycles. The number of nitrogens with one attached hydrogen (secondary N) is 1. The molecule has 1 N–H and O–H groups in total. The summed E-state index contributed by atoms with van der Waals surface area (Å²) in [7, 11) is 2.81. The summed E-state index contributed by atoms with van der Waals surface area (Å²) in [5.74, 6) is -2.79. The predicted octanol–water partition coefficient (Wildman–Crippen LogP) is 3.22. The molecule has 3 rings (SSSR count). The van der Waals surface area contributed by atoms with Crippen molar-refractivity contribution in [3.05, 3.63) is 89.0 Å². The summed E-state index contributed by atoms with van der Waals surface area (Å²) in [6.45, 7) is 0. The molecule has 0 saturated carbocycles. The number of aromatic nitrogens is 2. The van der Waals surface area contributed by atoms with Gasteiger partial charge in [-0.2, -0.15) is 0 Å². The van der Waals surface area contributed by atoms with E-state index in [2.05, 4.69) is 5.32 Å². The zero-order valence-corrected chi connectivity index (χ0v) is 19.0. The van der Waals surface area contributed by atoms with Gasteiger partial charge in [-0.15, -0.1) is 0 Å². The Morgan fingerprint density at radius 2 is 1.55 bits per heavy atom. The molecule has 0 spiro atoms. The smallest absolute Gasteiger partial charge is 0.349 e. The van der Waals surface area contributed by atoms with E-state index in [-0.39, 0.29) is 27.5 Å². The number of carbonyl (C=O) groups is 2. The fourth-order valence-corrected chi connectivity index (χ4v) is 3.26. The van der Waals surface area contributed by atoms with Crippen molar-refractivity contribution in [2.24, 2.45) is 14.1 Å². The molecule has 0 radical (unpaired) electrons. The number of aryl methyl sites for hydroxylation is 2. The van der Waals surface area contributed by atoms with Crippen molar-refractivity contribution in [2.75, 3.05) is 5.32 Å². The van der Waals surface area contributed by atoms with Gasteiger partial charge in [-0.1, -0.05) is 11.6 Å². The van der Waals surface area contributed by atoms with Gasteiger partial charge in [-0.05, 0) is 40.8 Å². The van der Waals surface area contributed by atoms with Crippen LogP contribution in [0.5, 0.6) is 0 Å². The minimum absolute atomic E-state index is 0.0233. The van der Waals surface area contributed by atoms with E-state index in [9.17, 15) is 23.6 Å². The van der Waals surface area contributed by atoms with Crippen LogP contribution in [-0.4, -0.2) is 21.1 Å². The van der Waals surface area contributed by atoms with Gasteiger partial charge in [0.15, 0.2) is 0 Å². The summed E-state index contributed by atoms with van der Waals surface area (Å²) >= 11 is 7.86. The van der Waals surface area contributed by atoms with Gasteiger partial charge in [0.1, 0.15) is 11.4 Å². The van der Waals surface area contributed by atoms with Crippen molar-refractivity contribution in [3.8, 4) is 0 Å². The number of rotatable bonds is 4. The summed E-state index contributed by atoms with van der Waals surface area (Å²) in [5.41, 5.74) is -1.33. The van der Waals surface area contributed by atoms with E-state index >= 15 is 0 Å². The molecule has 0 atom stereocenters. The van der Waals surface area contributed by atoms with Gasteiger partial charge in [0.2, 0.25) is 0 Å². The van der Waals surface area contributed by atoms with Crippen molar-refractivity contribution in [3.63, 3.8) is 0 Å². The second-order valence-corrected chi connectivity index (χ2v) is 8.11. The van der Waals surface area contributed by atoms with Crippen molar-refractivity contribution in [1.29, 1.82) is 0 Å². The van der Waals surface area contributed by atoms with Crippen LogP contribution in [0.4, 0.5) is 15.8 Å². The Morgan fingerprint density at radius 3 is 2.19 bits per heavy atom. The monoisotopic (exact) mass is 557 g/mol. The molecule has 0 fully saturated rings. The van der Waals surface area contributed by atoms with E-state index in [0.717, 1.165) is 33.7 Å². The lowest BCUT2D eigenvalue weighted by molar-refractivity contribution is 0.0397. The second kappa shape index (κ2) is 9.02. The number of carbonyl (C=O) groups excluding carboxylic acids is 2. The third kappa shape index (κ3) is 5.02. The summed E-state index contributed by atoms with van der Waals surface area (Å²) in [5, 5.41) is 2.50. The molecule has 31 heavy (non-hydrogen) atoms. The minimum Gasteiger partial charge on any atom is -0.386 e. The third-order valence-corrected chi connectivity index (χ3v) is 5.22. The van der Waals surface area contributed by atoms with E-state index < -0.39 is 28.9 Å². The van der Waals surface area contributed by atoms with Crippen LogP contribution >= 0.6 is 34.2 Å². The lowest BCUT2D eigenvalue weighted by atomic mass is 10.2. The molecule has 11 heteroatoms. The summed E-state index contributed by atoms with van der Waals surface area (Å²) < 4.78 is 22.0. The van der Waals surface area contributed by atoms with Gasteiger partial charge in [0, 0.05) is 42.2 Å². The van der Waals surface area contributed by atoms with Gasteiger partial charge in [-0.25, -0.2) is 14.0 Å². The normalized spacial score (nSPS) is 10.6. The average molecular weight is 558 g/mol. The molecule has 0 unspecified atom stereocenters. The molecular weight excluding hydrogens is 544 g/mol. The van der Waals surface area contributed by atoms with Crippen molar-refractivity contribution in [2.45, 2.75) is 0 Å². The van der Waals surface area contributed by atoms with Gasteiger partial charge in [0.25, 0.3) is 11.1 Å². The van der Waals surface area contributed by atoms with Gasteiger partial charge < -0.3 is 19.2 Å². The summed E-state index contributed by atoms with van der Waals surface area (Å²) in [6.07, 6.45) is 2.30. The average Bonchev–Trinajstić information content (AvgIpc) is 2.69. The Bertz CT molecular complexity index is 1340. The molecule has 0 aliphatic carbocycles. The molecular formula is C20H14ClFIN3O5. The van der Waals surface area contributed by atoms with Crippen molar-refractivity contribution in [1.82, 2.24) is 9.13 Å². The Balaban J connectivity index is 1.96. The highest BCUT2D eigenvalue weighted by Gasteiger charge is 2.22. The number of nitrogens with zero attached hydrogens (tertiary/aromatic N) is 2. The van der Waals surface area contributed by atoms with E-state index in [1.807, 2.05) is 22.6 Å². The van der Waals surface area contributed by atoms with E-state index in [1.165, 1.54) is 26.2 Å². The number of anilines is 2. The summed E-state index contributed by atoms with van der Waals surface area (Å²) in [4.78, 5) is 48.8. The lowest BCUT2D eigenvalue weighted by Gasteiger charge is -2.13. The van der Waals surface area contributed by atoms with E-state index in [1.54, 1.807) is 6.07 Å². The Morgan fingerprint density at radius 1 is 0.968 bits per heavy atom. The number of halogens is 3. The van der Waals surface area contributed by atoms with Crippen LogP contribution in [0.2, 0.25) is 5.02 Å². The maximum Gasteiger partial charge on any atom is 0.349 e. The lowest BCUT2D eigenvalue weighted by Crippen LogP contribution is -2.23. The van der Waals surface area contributed by atoms with Crippen LogP contribution in [-0.2, 0) is 18.8 Å². The van der Waals surface area contributed by atoms with Crippen LogP contribution in [0.25, 0.3) is 0 Å². The summed E-state index contributed by atoms with van der Waals surface area (Å²) in [6, 6.07) is 6.45. The fourth-order valence-electron chi connectivity index (χ4n) is 2.58. The van der Waals surface area contributed by atoms with Gasteiger partial charge >= 0.3 is 11.9 Å². The van der Waals surface area contributed by atoms with E-state index in [0.29, 0.717) is 3.57 Å². The zero-order chi connectivity index (χ0) is 22.9. The van der Waals surface area contributed by atoms with E-state index in [4.69, 9.17) is 16.3 Å². The number of esters is 2.